The van der Waals surface area contributed by atoms with E-state index in [1.165, 1.54) is 5.56 Å². The molecule has 4 atom stereocenters. The van der Waals surface area contributed by atoms with Gasteiger partial charge in [0.25, 0.3) is 23.6 Å². The second kappa shape index (κ2) is 35.6. The summed E-state index contributed by atoms with van der Waals surface area (Å²) in [7, 11) is 0. The molecule has 6 saturated heterocycles. The molecule has 8 fully saturated rings. The molecule has 0 spiro atoms. The van der Waals surface area contributed by atoms with Crippen LogP contribution in [0.2, 0.25) is 0 Å². The van der Waals surface area contributed by atoms with Crippen LogP contribution in [0.5, 0.6) is 11.5 Å². The first-order valence-corrected chi connectivity index (χ1v) is 40.1. The minimum absolute atomic E-state index is 0. The van der Waals surface area contributed by atoms with Gasteiger partial charge < -0.3 is 48.7 Å². The molecule has 12 heterocycles. The Morgan fingerprint density at radius 1 is 0.521 bits per heavy atom. The second-order valence-electron chi connectivity index (χ2n) is 31.8. The van der Waals surface area contributed by atoms with Crippen molar-refractivity contribution in [3.05, 3.63) is 137 Å². The molecular weight excluding hydrogens is 1520 g/mol. The number of aldehydes is 1. The predicted molar refractivity (Wildman–Crippen MR) is 440 cm³/mol. The molecule has 3 aromatic heterocycles. The monoisotopic (exact) mass is 1620 g/mol. The zero-order valence-corrected chi connectivity index (χ0v) is 66.6. The number of amides is 8. The smallest absolute Gasteiger partial charge is 0.262 e. The van der Waals surface area contributed by atoms with Crippen LogP contribution in [0, 0.1) is 0 Å². The maximum absolute atomic E-state index is 13.3. The summed E-state index contributed by atoms with van der Waals surface area (Å²) in [5.74, 6) is -0.292. The van der Waals surface area contributed by atoms with Gasteiger partial charge in [-0.1, -0.05) is 13.5 Å². The highest BCUT2D eigenvalue weighted by Crippen LogP contribution is 2.43. The Bertz CT molecular complexity index is 4960. The first-order valence-electron chi connectivity index (χ1n) is 40.1. The van der Waals surface area contributed by atoms with Crippen LogP contribution in [0.15, 0.2) is 103 Å². The predicted octanol–water partition coefficient (Wildman–Crippen LogP) is 5.74. The van der Waals surface area contributed by atoms with E-state index in [0.717, 1.165) is 227 Å². The Morgan fingerprint density at radius 3 is 1.57 bits per heavy atom. The number of benzene rings is 4. The van der Waals surface area contributed by atoms with Crippen molar-refractivity contribution < 1.29 is 62.1 Å². The largest absolute Gasteiger partial charge is 0.488 e. The number of piperidine rings is 2. The summed E-state index contributed by atoms with van der Waals surface area (Å²) in [5.41, 5.74) is 9.54. The Labute approximate surface area is 685 Å². The number of ether oxygens (including phenoxy) is 4. The lowest BCUT2D eigenvalue weighted by atomic mass is 10.0. The molecule has 2 aliphatic carbocycles. The van der Waals surface area contributed by atoms with E-state index in [2.05, 4.69) is 138 Å². The van der Waals surface area contributed by atoms with Crippen LogP contribution in [0.25, 0.3) is 22.3 Å². The molecule has 618 valence electrons. The fourth-order valence-electron chi connectivity index (χ4n) is 16.4. The average molecular weight is 1620 g/mol. The van der Waals surface area contributed by atoms with Crippen molar-refractivity contribution in [2.24, 2.45) is 4.99 Å². The van der Waals surface area contributed by atoms with E-state index in [4.69, 9.17) is 23.9 Å². The number of H-pyrrole nitrogens is 1. The number of carbonyl (C=O) groups is 9. The van der Waals surface area contributed by atoms with Crippen molar-refractivity contribution in [2.75, 3.05) is 157 Å². The third-order valence-corrected chi connectivity index (χ3v) is 23.7. The van der Waals surface area contributed by atoms with Crippen molar-refractivity contribution in [2.45, 2.75) is 128 Å². The van der Waals surface area contributed by atoms with E-state index < -0.39 is 47.5 Å². The first-order chi connectivity index (χ1) is 55.7. The molecule has 8 amide bonds. The van der Waals surface area contributed by atoms with Crippen LogP contribution in [0.1, 0.15) is 145 Å². The SMILES string of the molecule is C.C[C@H]1CN(c2cc(-c3n[nH]c4ccc(OC5(C)CC5)cc34)ncn2)CCN1CCOCCN1CCN(c2ccc3c(c2)C(=O)N(C2CCC(=O)NC2=O)C3=O)CC1.C[C@H]1CN(c2cc(C3=NCc4ccc(OC5(C)CC5)cc43)ncn2)CCN1CCOCC=O.Cl.O=C1CCC(N2C(=O)c3ccc(N4CCNCC4)cc3C2=O)C(=O)N1. The molecule has 11 aliphatic rings. The van der Waals surface area contributed by atoms with Crippen molar-refractivity contribution in [1.82, 2.24) is 70.6 Å². The number of carbonyl (C=O) groups excluding carboxylic acids is 9. The van der Waals surface area contributed by atoms with E-state index in [1.54, 1.807) is 36.9 Å². The molecule has 33 heteroatoms. The van der Waals surface area contributed by atoms with Crippen molar-refractivity contribution in [3.63, 3.8) is 0 Å². The molecular formula is C84H102ClN19O13. The van der Waals surface area contributed by atoms with Gasteiger partial charge in [0.05, 0.1) is 71.2 Å². The Kier molecular flexibility index (Phi) is 25.2. The fraction of sp³-hybridized carbons (Fsp3) is 0.488. The first kappa shape index (κ1) is 82.8. The number of rotatable bonds is 23. The minimum Gasteiger partial charge on any atom is -0.488 e. The van der Waals surface area contributed by atoms with E-state index in [1.807, 2.05) is 30.3 Å². The number of nitrogens with one attached hydrogen (secondary N) is 4. The number of aromatic nitrogens is 6. The van der Waals surface area contributed by atoms with E-state index in [0.29, 0.717) is 60.7 Å². The molecule has 9 aliphatic heterocycles. The highest BCUT2D eigenvalue weighted by atomic mass is 35.5. The van der Waals surface area contributed by atoms with Gasteiger partial charge >= 0.3 is 0 Å². The summed E-state index contributed by atoms with van der Waals surface area (Å²) in [4.78, 5) is 151. The lowest BCUT2D eigenvalue weighted by molar-refractivity contribution is -0.137. The van der Waals surface area contributed by atoms with Crippen LogP contribution < -0.4 is 45.0 Å². The molecule has 2 unspecified atom stereocenters. The molecule has 0 bridgehead atoms. The van der Waals surface area contributed by atoms with Gasteiger partial charge in [0.15, 0.2) is 0 Å². The van der Waals surface area contributed by atoms with Crippen LogP contribution in [0.4, 0.5) is 23.0 Å². The molecule has 7 aromatic rings. The van der Waals surface area contributed by atoms with Gasteiger partial charge in [-0.15, -0.1) is 12.4 Å². The van der Waals surface area contributed by atoms with Gasteiger partial charge in [-0.3, -0.25) is 83.6 Å². The van der Waals surface area contributed by atoms with Crippen LogP contribution >= 0.6 is 12.4 Å². The Hall–Kier alpha value is -10.7. The number of nitrogens with zero attached hydrogens (tertiary/aromatic N) is 15. The quantitative estimate of drug-likeness (QED) is 0.0337. The second-order valence-corrected chi connectivity index (χ2v) is 31.8. The summed E-state index contributed by atoms with van der Waals surface area (Å²) in [6.07, 6.45) is 8.95. The van der Waals surface area contributed by atoms with Crippen LogP contribution in [0.3, 0.4) is 0 Å². The summed E-state index contributed by atoms with van der Waals surface area (Å²) < 4.78 is 23.8. The number of imide groups is 4. The maximum atomic E-state index is 13.3. The summed E-state index contributed by atoms with van der Waals surface area (Å²) >= 11 is 0. The minimum atomic E-state index is -0.969. The standard InChI is InChI=1S/C41H48N10O6.C25H31N5O3.C17H18N4O4.CH4.ClH/c1-26-24-50(35-23-33(42-25-43-35)37-31-22-28(57-41(2)9-10-41)4-6-32(31)45-46-37)16-15-48(26)18-20-56-19-17-47-11-13-49(14-12-47)27-3-5-29-30(21-27)40(55)51(39(29)54)34-7-8-36(52)44-38(34)53;1-18-16-30(8-7-29(18)9-11-32-12-10-31)23-14-22(27-17-28-23)24-21-13-20(33-25(2)5-6-25)4-3-19(21)15-26-24;22-14-4-3-13(15(23)19-14)21-16(24)11-2-1-10(9-12(11)17(21)25)20-7-5-18-6-8-20;;/h3-6,21-23,25-26,34H,7-20,24H2,1-2H3,(H,45,46)(H,44,52,53);3-4,10,13-14,17-18H,5-9,11-12,15-16H2,1-2H3;1-2,9,13,18H,3-8H2,(H,19,22,23);1H4;1H/t26-,34?;18-;;;/m00.../s1. The number of aliphatic imine (C=N–C) groups is 1. The molecule has 4 N–H and O–H groups in total. The normalized spacial score (nSPS) is 22.2. The van der Waals surface area contributed by atoms with Gasteiger partial charge in [-0.05, 0) is 139 Å². The summed E-state index contributed by atoms with van der Waals surface area (Å²) in [5, 5.41) is 16.4. The van der Waals surface area contributed by atoms with Gasteiger partial charge in [0, 0.05) is 171 Å². The molecule has 32 nitrogen and oxygen atoms in total. The zero-order chi connectivity index (χ0) is 79.7. The average Bonchev–Trinajstić information content (AvgIpc) is 1.60. The number of aromatic amines is 1. The lowest BCUT2D eigenvalue weighted by Gasteiger charge is -2.40. The van der Waals surface area contributed by atoms with Gasteiger partial charge in [0.2, 0.25) is 23.6 Å². The number of piperazine rings is 4. The highest BCUT2D eigenvalue weighted by molar-refractivity contribution is 6.25. The number of hydrogen-bond donors (Lipinski definition) is 4. The summed E-state index contributed by atoms with van der Waals surface area (Å²) in [6, 6.07) is 25.8. The fourth-order valence-corrected chi connectivity index (χ4v) is 16.4. The molecule has 0 radical (unpaired) electrons. The third-order valence-electron chi connectivity index (χ3n) is 23.7. The highest BCUT2D eigenvalue weighted by Gasteiger charge is 2.48. The van der Waals surface area contributed by atoms with E-state index >= 15 is 0 Å². The van der Waals surface area contributed by atoms with Crippen molar-refractivity contribution in [3.8, 4) is 22.9 Å². The van der Waals surface area contributed by atoms with E-state index in [9.17, 15) is 43.2 Å². The van der Waals surface area contributed by atoms with Crippen molar-refractivity contribution in [1.29, 1.82) is 0 Å². The lowest BCUT2D eigenvalue weighted by Crippen LogP contribution is -2.54. The third kappa shape index (κ3) is 18.4. The molecule has 2 saturated carbocycles. The van der Waals surface area contributed by atoms with Crippen LogP contribution in [-0.4, -0.2) is 287 Å². The Balaban J connectivity index is 0.000000158. The number of anilines is 4. The number of fused-ring (bicyclic) bond motifs is 4. The number of halogens is 1. The van der Waals surface area contributed by atoms with Gasteiger partial charge in [-0.25, -0.2) is 19.9 Å². The summed E-state index contributed by atoms with van der Waals surface area (Å²) in [6.45, 7) is 26.0. The molecule has 18 rings (SSSR count). The van der Waals surface area contributed by atoms with Crippen molar-refractivity contribution >= 4 is 106 Å². The topological polar surface area (TPSA) is 348 Å². The molecule has 117 heavy (non-hydrogen) atoms. The van der Waals surface area contributed by atoms with Crippen LogP contribution in [-0.2, 0) is 40.0 Å². The Morgan fingerprint density at radius 2 is 1.03 bits per heavy atom. The van der Waals surface area contributed by atoms with Gasteiger partial charge in [-0.2, -0.15) is 5.10 Å². The maximum Gasteiger partial charge on any atom is 0.262 e. The zero-order valence-electron chi connectivity index (χ0n) is 65.8. The van der Waals surface area contributed by atoms with Gasteiger partial charge in [0.1, 0.15) is 77.7 Å². The number of hydrogen-bond acceptors (Lipinski definition) is 27. The molecule has 4 aromatic carbocycles. The van der Waals surface area contributed by atoms with E-state index in [-0.39, 0.29) is 75.1 Å².